The molecule has 0 spiro atoms. The summed E-state index contributed by atoms with van der Waals surface area (Å²) >= 11 is 16.7. The first kappa shape index (κ1) is 11.6. The zero-order valence-electron chi connectivity index (χ0n) is 6.54. The summed E-state index contributed by atoms with van der Waals surface area (Å²) in [5, 5.41) is 0. The van der Waals surface area contributed by atoms with Gasteiger partial charge < -0.3 is 0 Å². The van der Waals surface area contributed by atoms with E-state index in [4.69, 9.17) is 35.0 Å². The van der Waals surface area contributed by atoms with Gasteiger partial charge in [-0.1, -0.05) is 42.8 Å². The van der Waals surface area contributed by atoms with Crippen LogP contribution in [-0.2, 0) is 4.79 Å². The number of alkyl halides is 2. The molecule has 0 saturated heterocycles. The molecule has 0 saturated carbocycles. The standard InChI is InChI=1S/C5H10Cl3NOSi/c1-11(2,3)5(6,7)4(10)9-8/h1-3H3,(H,9,10). The lowest BCUT2D eigenvalue weighted by Crippen LogP contribution is -2.52. The maximum absolute atomic E-state index is 11.0. The second-order valence-corrected chi connectivity index (χ2v) is 10.6. The van der Waals surface area contributed by atoms with Gasteiger partial charge in [0.1, 0.15) is 8.07 Å². The normalized spacial score (nSPS) is 12.9. The van der Waals surface area contributed by atoms with Crippen LogP contribution in [0.2, 0.25) is 19.6 Å². The molecule has 0 aromatic heterocycles. The van der Waals surface area contributed by atoms with Crippen molar-refractivity contribution < 1.29 is 4.79 Å². The van der Waals surface area contributed by atoms with Crippen LogP contribution in [0.4, 0.5) is 0 Å². The average molecular weight is 235 g/mol. The second-order valence-electron chi connectivity index (χ2n) is 3.25. The molecular formula is C5H10Cl3NOSi. The van der Waals surface area contributed by atoms with Gasteiger partial charge in [0.05, 0.1) is 0 Å². The lowest BCUT2D eigenvalue weighted by atomic mass is 10.7. The highest BCUT2D eigenvalue weighted by Crippen LogP contribution is 2.32. The van der Waals surface area contributed by atoms with Crippen molar-refractivity contribution in [2.24, 2.45) is 0 Å². The zero-order chi connectivity index (χ0) is 9.28. The topological polar surface area (TPSA) is 29.1 Å². The molecule has 0 fully saturated rings. The van der Waals surface area contributed by atoms with Gasteiger partial charge in [0.2, 0.25) is 0 Å². The van der Waals surface area contributed by atoms with Crippen LogP contribution in [0.15, 0.2) is 0 Å². The number of hydrogen-bond acceptors (Lipinski definition) is 1. The molecule has 0 rings (SSSR count). The average Bonchev–Trinajstić information content (AvgIpc) is 1.83. The molecule has 6 heteroatoms. The highest BCUT2D eigenvalue weighted by Gasteiger charge is 2.46. The summed E-state index contributed by atoms with van der Waals surface area (Å²) in [4.78, 5) is 12.9. The fraction of sp³-hybridized carbons (Fsp3) is 0.800. The predicted octanol–water partition coefficient (Wildman–Crippen LogP) is 2.31. The summed E-state index contributed by atoms with van der Waals surface area (Å²) in [5.41, 5.74) is 0. The van der Waals surface area contributed by atoms with Crippen LogP contribution in [-0.4, -0.2) is 17.9 Å². The van der Waals surface area contributed by atoms with Gasteiger partial charge in [-0.15, -0.1) is 0 Å². The van der Waals surface area contributed by atoms with Crippen molar-refractivity contribution in [3.63, 3.8) is 0 Å². The van der Waals surface area contributed by atoms with Gasteiger partial charge in [0, 0.05) is 11.8 Å². The summed E-state index contributed by atoms with van der Waals surface area (Å²) in [6.45, 7) is 5.66. The number of carbonyl (C=O) groups is 1. The molecule has 1 N–H and O–H groups in total. The van der Waals surface area contributed by atoms with E-state index in [-0.39, 0.29) is 0 Å². The van der Waals surface area contributed by atoms with E-state index < -0.39 is 17.9 Å². The predicted molar refractivity (Wildman–Crippen MR) is 51.8 cm³/mol. The molecule has 0 heterocycles. The molecular weight excluding hydrogens is 225 g/mol. The fourth-order valence-electron chi connectivity index (χ4n) is 0.400. The van der Waals surface area contributed by atoms with Crippen LogP contribution in [0.1, 0.15) is 0 Å². The van der Waals surface area contributed by atoms with Gasteiger partial charge >= 0.3 is 0 Å². The molecule has 66 valence electrons. The smallest absolute Gasteiger partial charge is 0.267 e. The van der Waals surface area contributed by atoms with Gasteiger partial charge in [0.25, 0.3) is 5.91 Å². The van der Waals surface area contributed by atoms with Crippen LogP contribution in [0.5, 0.6) is 0 Å². The third-order valence-electron chi connectivity index (χ3n) is 1.31. The molecule has 11 heavy (non-hydrogen) atoms. The summed E-state index contributed by atoms with van der Waals surface area (Å²) in [6.07, 6.45) is 0. The van der Waals surface area contributed by atoms with Crippen LogP contribution in [0.25, 0.3) is 0 Å². The van der Waals surface area contributed by atoms with Crippen molar-refractivity contribution in [3.8, 4) is 0 Å². The Balaban J connectivity index is 4.59. The molecule has 0 aromatic carbocycles. The molecule has 0 unspecified atom stereocenters. The fourth-order valence-corrected chi connectivity index (χ4v) is 1.56. The third-order valence-corrected chi connectivity index (χ3v) is 7.34. The van der Waals surface area contributed by atoms with Crippen molar-refractivity contribution >= 4 is 49.0 Å². The minimum Gasteiger partial charge on any atom is -0.271 e. The van der Waals surface area contributed by atoms with Crippen LogP contribution < -0.4 is 4.84 Å². The van der Waals surface area contributed by atoms with Crippen molar-refractivity contribution in [1.29, 1.82) is 0 Å². The first-order valence-corrected chi connectivity index (χ1v) is 7.65. The molecule has 0 aliphatic rings. The molecule has 2 nitrogen and oxygen atoms in total. The zero-order valence-corrected chi connectivity index (χ0v) is 9.81. The Labute approximate surface area is 82.3 Å². The van der Waals surface area contributed by atoms with E-state index in [0.717, 1.165) is 0 Å². The molecule has 0 radical (unpaired) electrons. The van der Waals surface area contributed by atoms with Crippen molar-refractivity contribution in [2.45, 2.75) is 23.6 Å². The Morgan fingerprint density at radius 1 is 1.36 bits per heavy atom. The van der Waals surface area contributed by atoms with Crippen molar-refractivity contribution in [2.75, 3.05) is 0 Å². The first-order chi connectivity index (χ1) is 4.73. The van der Waals surface area contributed by atoms with Crippen molar-refractivity contribution in [3.05, 3.63) is 0 Å². The quantitative estimate of drug-likeness (QED) is 0.443. The molecule has 1 amide bonds. The first-order valence-electron chi connectivity index (χ1n) is 3.02. The SMILES string of the molecule is C[Si](C)(C)C(Cl)(Cl)C(=O)NCl. The molecule has 0 aliphatic heterocycles. The summed E-state index contributed by atoms with van der Waals surface area (Å²) < 4.78 is -1.35. The van der Waals surface area contributed by atoms with Gasteiger partial charge in [-0.3, -0.25) is 9.63 Å². The molecule has 0 bridgehead atoms. The summed E-state index contributed by atoms with van der Waals surface area (Å²) in [7, 11) is -1.93. The number of hydrogen-bond donors (Lipinski definition) is 1. The maximum atomic E-state index is 11.0. The monoisotopic (exact) mass is 233 g/mol. The van der Waals surface area contributed by atoms with E-state index in [9.17, 15) is 4.79 Å². The summed E-state index contributed by atoms with van der Waals surface area (Å²) in [5.74, 6) is -0.540. The Bertz CT molecular complexity index is 166. The van der Waals surface area contributed by atoms with E-state index in [1.807, 2.05) is 24.5 Å². The lowest BCUT2D eigenvalue weighted by molar-refractivity contribution is -0.118. The minimum atomic E-state index is -1.93. The van der Waals surface area contributed by atoms with Crippen LogP contribution >= 0.6 is 35.0 Å². The Morgan fingerprint density at radius 2 is 1.73 bits per heavy atom. The van der Waals surface area contributed by atoms with Gasteiger partial charge in [-0.05, 0) is 0 Å². The van der Waals surface area contributed by atoms with E-state index >= 15 is 0 Å². The maximum Gasteiger partial charge on any atom is 0.267 e. The van der Waals surface area contributed by atoms with E-state index in [2.05, 4.69) is 0 Å². The minimum absolute atomic E-state index is 0.540. The van der Waals surface area contributed by atoms with E-state index in [1.54, 1.807) is 0 Å². The van der Waals surface area contributed by atoms with Gasteiger partial charge in [-0.2, -0.15) is 0 Å². The lowest BCUT2D eigenvalue weighted by Gasteiger charge is -2.29. The van der Waals surface area contributed by atoms with Crippen LogP contribution in [0.3, 0.4) is 0 Å². The number of halogens is 3. The third kappa shape index (κ3) is 2.51. The van der Waals surface area contributed by atoms with Gasteiger partial charge in [-0.25, -0.2) is 0 Å². The summed E-state index contributed by atoms with van der Waals surface area (Å²) in [6, 6.07) is 0. The second kappa shape index (κ2) is 3.52. The van der Waals surface area contributed by atoms with E-state index in [1.165, 1.54) is 0 Å². The van der Waals surface area contributed by atoms with Crippen LogP contribution in [0, 0.1) is 0 Å². The molecule has 0 atom stereocenters. The number of amides is 1. The number of rotatable bonds is 2. The largest absolute Gasteiger partial charge is 0.271 e. The van der Waals surface area contributed by atoms with Crippen molar-refractivity contribution in [1.82, 2.24) is 4.84 Å². The Morgan fingerprint density at radius 3 is 1.82 bits per heavy atom. The Kier molecular flexibility index (Phi) is 3.70. The molecule has 0 aromatic rings. The Hall–Kier alpha value is 0.557. The van der Waals surface area contributed by atoms with E-state index in [0.29, 0.717) is 0 Å². The van der Waals surface area contributed by atoms with Gasteiger partial charge in [0.15, 0.2) is 3.96 Å². The number of carbonyl (C=O) groups excluding carboxylic acids is 1. The molecule has 0 aliphatic carbocycles. The highest BCUT2D eigenvalue weighted by molar-refractivity contribution is 6.99. The number of nitrogens with one attached hydrogen (secondary N) is 1. The highest BCUT2D eigenvalue weighted by atomic mass is 35.5.